The van der Waals surface area contributed by atoms with Gasteiger partial charge in [-0.15, -0.1) is 0 Å². The molecule has 7 heteroatoms. The van der Waals surface area contributed by atoms with Gasteiger partial charge in [0.25, 0.3) is 0 Å². The van der Waals surface area contributed by atoms with Gasteiger partial charge in [-0.3, -0.25) is 14.4 Å². The van der Waals surface area contributed by atoms with Crippen LogP contribution in [0.2, 0.25) is 0 Å². The topological polar surface area (TPSA) is 124 Å². The Labute approximate surface area is 91.6 Å². The molecule has 0 radical (unpaired) electrons. The summed E-state index contributed by atoms with van der Waals surface area (Å²) in [4.78, 5) is 42.8. The first-order chi connectivity index (χ1) is 7.38. The first-order valence-corrected chi connectivity index (χ1v) is 4.64. The lowest BCUT2D eigenvalue weighted by Crippen LogP contribution is -2.31. The molecule has 0 aromatic rings. The second kappa shape index (κ2) is 6.67. The van der Waals surface area contributed by atoms with Gasteiger partial charge in [0.15, 0.2) is 0 Å². The van der Waals surface area contributed by atoms with Crippen LogP contribution >= 0.6 is 0 Å². The molecular formula is C9H13NO6. The molecule has 0 saturated heterocycles. The summed E-state index contributed by atoms with van der Waals surface area (Å²) < 4.78 is 4.16. The molecule has 0 aromatic heterocycles. The SMILES string of the molecule is CCC(=O)C(=O)OC(=O)CC[C@H](N)C(=O)O. The highest BCUT2D eigenvalue weighted by Gasteiger charge is 2.19. The number of ether oxygens (including phenoxy) is 1. The van der Waals surface area contributed by atoms with Crippen LogP contribution in [0.4, 0.5) is 0 Å². The number of carbonyl (C=O) groups excluding carboxylic acids is 3. The summed E-state index contributed by atoms with van der Waals surface area (Å²) in [6.07, 6.45) is -0.529. The lowest BCUT2D eigenvalue weighted by molar-refractivity contribution is -0.164. The first-order valence-electron chi connectivity index (χ1n) is 4.64. The molecule has 0 aliphatic carbocycles. The third-order valence-electron chi connectivity index (χ3n) is 1.73. The van der Waals surface area contributed by atoms with Gasteiger partial charge < -0.3 is 15.6 Å². The Hall–Kier alpha value is -1.76. The van der Waals surface area contributed by atoms with E-state index in [0.29, 0.717) is 0 Å². The standard InChI is InChI=1S/C9H13NO6/c1-2-6(11)9(15)16-7(12)4-3-5(10)8(13)14/h5H,2-4,10H2,1H3,(H,13,14)/t5-/m0/s1. The minimum absolute atomic E-state index is 0.0548. The number of esters is 2. The summed E-state index contributed by atoms with van der Waals surface area (Å²) >= 11 is 0. The van der Waals surface area contributed by atoms with Gasteiger partial charge in [-0.2, -0.15) is 0 Å². The van der Waals surface area contributed by atoms with E-state index >= 15 is 0 Å². The van der Waals surface area contributed by atoms with Crippen LogP contribution in [-0.2, 0) is 23.9 Å². The summed E-state index contributed by atoms with van der Waals surface area (Å²) in [5.74, 6) is -4.24. The molecular weight excluding hydrogens is 218 g/mol. The van der Waals surface area contributed by atoms with Crippen molar-refractivity contribution in [1.82, 2.24) is 0 Å². The number of hydrogen-bond acceptors (Lipinski definition) is 6. The van der Waals surface area contributed by atoms with Crippen LogP contribution in [0, 0.1) is 0 Å². The number of carboxylic acid groups (broad SMARTS) is 1. The fourth-order valence-corrected chi connectivity index (χ4v) is 0.753. The molecule has 1 atom stereocenters. The second-order valence-electron chi connectivity index (χ2n) is 3.02. The zero-order valence-corrected chi connectivity index (χ0v) is 8.76. The summed E-state index contributed by atoms with van der Waals surface area (Å²) in [6, 6.07) is -1.19. The summed E-state index contributed by atoms with van der Waals surface area (Å²) in [6.45, 7) is 1.45. The van der Waals surface area contributed by atoms with E-state index in [2.05, 4.69) is 4.74 Å². The van der Waals surface area contributed by atoms with Crippen molar-refractivity contribution < 1.29 is 29.0 Å². The van der Waals surface area contributed by atoms with Crippen molar-refractivity contribution in [3.05, 3.63) is 0 Å². The number of ketones is 1. The maximum absolute atomic E-state index is 11.0. The van der Waals surface area contributed by atoms with Crippen LogP contribution in [0.1, 0.15) is 26.2 Å². The Balaban J connectivity index is 3.96. The molecule has 0 rings (SSSR count). The largest absolute Gasteiger partial charge is 0.480 e. The van der Waals surface area contributed by atoms with Crippen molar-refractivity contribution in [2.24, 2.45) is 5.73 Å². The average molecular weight is 231 g/mol. The molecule has 0 amide bonds. The number of nitrogens with two attached hydrogens (primary N) is 1. The van der Waals surface area contributed by atoms with Gasteiger partial charge in [-0.05, 0) is 6.42 Å². The molecule has 0 aliphatic rings. The average Bonchev–Trinajstić information content (AvgIpc) is 2.24. The highest BCUT2D eigenvalue weighted by atomic mass is 16.6. The van der Waals surface area contributed by atoms with Crippen LogP contribution in [0.25, 0.3) is 0 Å². The molecule has 0 aromatic carbocycles. The molecule has 16 heavy (non-hydrogen) atoms. The maximum Gasteiger partial charge on any atom is 0.382 e. The van der Waals surface area contributed by atoms with Crippen molar-refractivity contribution in [2.75, 3.05) is 0 Å². The van der Waals surface area contributed by atoms with Crippen LogP contribution in [-0.4, -0.2) is 34.8 Å². The molecule has 0 fully saturated rings. The van der Waals surface area contributed by atoms with Crippen LogP contribution in [0.15, 0.2) is 0 Å². The van der Waals surface area contributed by atoms with E-state index < -0.39 is 29.7 Å². The Morgan fingerprint density at radius 2 is 1.88 bits per heavy atom. The van der Waals surface area contributed by atoms with Crippen molar-refractivity contribution >= 4 is 23.7 Å². The van der Waals surface area contributed by atoms with Gasteiger partial charge in [0.05, 0.1) is 0 Å². The van der Waals surface area contributed by atoms with Crippen molar-refractivity contribution in [3.63, 3.8) is 0 Å². The predicted molar refractivity (Wildman–Crippen MR) is 51.2 cm³/mol. The van der Waals surface area contributed by atoms with E-state index in [9.17, 15) is 19.2 Å². The zero-order chi connectivity index (χ0) is 12.7. The number of carbonyl (C=O) groups is 4. The number of hydrogen-bond donors (Lipinski definition) is 2. The lowest BCUT2D eigenvalue weighted by Gasteiger charge is -2.04. The van der Waals surface area contributed by atoms with Gasteiger partial charge in [0.1, 0.15) is 6.04 Å². The Kier molecular flexibility index (Phi) is 5.94. The highest BCUT2D eigenvalue weighted by Crippen LogP contribution is 1.98. The number of carboxylic acids is 1. The van der Waals surface area contributed by atoms with E-state index in [-0.39, 0.29) is 19.3 Å². The Bertz CT molecular complexity index is 311. The van der Waals surface area contributed by atoms with Crippen LogP contribution in [0.5, 0.6) is 0 Å². The molecule has 0 bridgehead atoms. The van der Waals surface area contributed by atoms with Gasteiger partial charge in [0.2, 0.25) is 5.78 Å². The number of aliphatic carboxylic acids is 1. The van der Waals surface area contributed by atoms with Crippen LogP contribution in [0.3, 0.4) is 0 Å². The van der Waals surface area contributed by atoms with Crippen LogP contribution < -0.4 is 5.73 Å². The number of Topliss-reactive ketones (excluding diaryl/α,β-unsaturated/α-hetero) is 1. The van der Waals surface area contributed by atoms with E-state index in [0.717, 1.165) is 0 Å². The minimum Gasteiger partial charge on any atom is -0.480 e. The monoisotopic (exact) mass is 231 g/mol. The maximum atomic E-state index is 11.0. The van der Waals surface area contributed by atoms with E-state index in [1.165, 1.54) is 6.92 Å². The van der Waals surface area contributed by atoms with E-state index in [1.54, 1.807) is 0 Å². The summed E-state index contributed by atoms with van der Waals surface area (Å²) in [5, 5.41) is 8.40. The molecule has 90 valence electrons. The smallest absolute Gasteiger partial charge is 0.382 e. The minimum atomic E-state index is -1.25. The summed E-state index contributed by atoms with van der Waals surface area (Å²) in [7, 11) is 0. The number of rotatable bonds is 6. The van der Waals surface area contributed by atoms with Gasteiger partial charge in [-0.1, -0.05) is 6.92 Å². The third-order valence-corrected chi connectivity index (χ3v) is 1.73. The normalized spacial score (nSPS) is 11.6. The lowest BCUT2D eigenvalue weighted by atomic mass is 10.2. The Morgan fingerprint density at radius 3 is 2.31 bits per heavy atom. The molecule has 3 N–H and O–H groups in total. The summed E-state index contributed by atoms with van der Waals surface area (Å²) in [5.41, 5.74) is 5.12. The van der Waals surface area contributed by atoms with Crippen molar-refractivity contribution in [2.45, 2.75) is 32.2 Å². The molecule has 0 unspecified atom stereocenters. The third kappa shape index (κ3) is 5.20. The fourth-order valence-electron chi connectivity index (χ4n) is 0.753. The van der Waals surface area contributed by atoms with Gasteiger partial charge >= 0.3 is 17.9 Å². The molecule has 0 heterocycles. The van der Waals surface area contributed by atoms with Crippen molar-refractivity contribution in [1.29, 1.82) is 0 Å². The van der Waals surface area contributed by atoms with Gasteiger partial charge in [-0.25, -0.2) is 4.79 Å². The second-order valence-corrected chi connectivity index (χ2v) is 3.02. The van der Waals surface area contributed by atoms with Crippen molar-refractivity contribution in [3.8, 4) is 0 Å². The molecule has 0 saturated carbocycles. The highest BCUT2D eigenvalue weighted by molar-refractivity contribution is 6.35. The fraction of sp³-hybridized carbons (Fsp3) is 0.556. The van der Waals surface area contributed by atoms with E-state index in [1.807, 2.05) is 0 Å². The zero-order valence-electron chi connectivity index (χ0n) is 8.76. The first kappa shape index (κ1) is 14.2. The quantitative estimate of drug-likeness (QED) is 0.349. The molecule has 0 spiro atoms. The van der Waals surface area contributed by atoms with E-state index in [4.69, 9.17) is 10.8 Å². The predicted octanol–water partition coefficient (Wildman–Crippen LogP) is -0.773. The van der Waals surface area contributed by atoms with Gasteiger partial charge in [0, 0.05) is 12.8 Å². The molecule has 7 nitrogen and oxygen atoms in total. The molecule has 0 aliphatic heterocycles. The Morgan fingerprint density at radius 1 is 1.31 bits per heavy atom.